The fourth-order valence-electron chi connectivity index (χ4n) is 4.08. The largest absolute Gasteiger partial charge is 0.375 e. The summed E-state index contributed by atoms with van der Waals surface area (Å²) < 4.78 is 9.00. The van der Waals surface area contributed by atoms with E-state index in [1.54, 1.807) is 29.1 Å². The summed E-state index contributed by atoms with van der Waals surface area (Å²) in [7, 11) is 0. The average Bonchev–Trinajstić information content (AvgIpc) is 3.34. The second kappa shape index (κ2) is 8.35. The number of hydrogen-bond acceptors (Lipinski definition) is 5. The normalized spacial score (nSPS) is 15.9. The number of nitrogens with zero attached hydrogens (tertiary/aromatic N) is 3. The summed E-state index contributed by atoms with van der Waals surface area (Å²) in [6.45, 7) is 1.44. The Morgan fingerprint density at radius 2 is 2.25 bits per heavy atom. The molecule has 0 spiro atoms. The first kappa shape index (κ1) is 20.1. The fourth-order valence-corrected chi connectivity index (χ4v) is 4.08. The first-order valence-corrected chi connectivity index (χ1v) is 10.6. The molecule has 0 aromatic carbocycles. The van der Waals surface area contributed by atoms with Crippen LogP contribution in [0.3, 0.4) is 0 Å². The Hall–Kier alpha value is -3.85. The Kier molecular flexibility index (Phi) is 5.24. The third kappa shape index (κ3) is 3.67. The standard InChI is InChI=1S/C23H22N6O3/c24-20-17(22(30)26-13-15-5-3-8-25-12-15)11-18-21(29(20)14-16-6-4-10-32-16)27-19-7-1-2-9-28(19)23(18)31/h1-3,5,7-9,11-12,16,24H,4,6,10,13-14H2,(H,26,30)/p+2. The van der Waals surface area contributed by atoms with Gasteiger partial charge in [0.1, 0.15) is 10.9 Å². The molecule has 5 rings (SSSR count). The van der Waals surface area contributed by atoms with Crippen LogP contribution in [0.2, 0.25) is 0 Å². The van der Waals surface area contributed by atoms with Gasteiger partial charge in [0, 0.05) is 31.0 Å². The maximum Gasteiger partial charge on any atom is 0.278 e. The summed E-state index contributed by atoms with van der Waals surface area (Å²) in [4.78, 5) is 34.0. The minimum atomic E-state index is -0.355. The lowest BCUT2D eigenvalue weighted by Gasteiger charge is -2.15. The maximum atomic E-state index is 13.2. The highest BCUT2D eigenvalue weighted by molar-refractivity contribution is 6.00. The van der Waals surface area contributed by atoms with E-state index in [0.717, 1.165) is 18.4 Å². The molecule has 162 valence electrons. The van der Waals surface area contributed by atoms with Crippen molar-refractivity contribution in [3.05, 3.63) is 76.5 Å². The van der Waals surface area contributed by atoms with Gasteiger partial charge >= 0.3 is 0 Å². The number of nitrogens with two attached hydrogens (primary N) is 1. The zero-order valence-corrected chi connectivity index (χ0v) is 17.5. The summed E-state index contributed by atoms with van der Waals surface area (Å²) in [5.74, 6) is -0.0933. The number of amides is 1. The van der Waals surface area contributed by atoms with Crippen LogP contribution in [-0.4, -0.2) is 28.0 Å². The molecule has 1 fully saturated rings. The Balaban J connectivity index is 1.62. The van der Waals surface area contributed by atoms with Crippen LogP contribution in [0, 0.1) is 0 Å². The van der Waals surface area contributed by atoms with Crippen LogP contribution in [0.5, 0.6) is 0 Å². The van der Waals surface area contributed by atoms with Crippen molar-refractivity contribution >= 4 is 28.4 Å². The molecule has 4 aromatic rings. The predicted molar refractivity (Wildman–Crippen MR) is 117 cm³/mol. The number of aromatic nitrogens is 4. The SMILES string of the molecule is Nc1c(C(=O)NCc2ccc[nH+]c2)cc2c(=O)n3ccccc3nc2[n+]1CC1CCCO1. The monoisotopic (exact) mass is 432 g/mol. The number of nitrogen functional groups attached to an aromatic ring is 1. The van der Waals surface area contributed by atoms with Gasteiger partial charge in [-0.2, -0.15) is 0 Å². The average molecular weight is 432 g/mol. The molecule has 1 aliphatic rings. The molecule has 32 heavy (non-hydrogen) atoms. The van der Waals surface area contributed by atoms with E-state index in [-0.39, 0.29) is 29.0 Å². The molecule has 5 heterocycles. The van der Waals surface area contributed by atoms with Crippen molar-refractivity contribution < 1.29 is 19.1 Å². The number of anilines is 1. The van der Waals surface area contributed by atoms with Gasteiger partial charge < -0.3 is 15.8 Å². The predicted octanol–water partition coefficient (Wildman–Crippen LogP) is 0.640. The van der Waals surface area contributed by atoms with Crippen LogP contribution in [-0.2, 0) is 17.8 Å². The van der Waals surface area contributed by atoms with Gasteiger partial charge in [0.25, 0.3) is 17.1 Å². The third-order valence-corrected chi connectivity index (χ3v) is 5.74. The fraction of sp³-hybridized carbons (Fsp3) is 0.261. The number of H-pyrrole nitrogens is 1. The van der Waals surface area contributed by atoms with Crippen LogP contribution in [0.1, 0.15) is 28.8 Å². The summed E-state index contributed by atoms with van der Waals surface area (Å²) in [5.41, 5.74) is 8.35. The highest BCUT2D eigenvalue weighted by atomic mass is 16.5. The van der Waals surface area contributed by atoms with Gasteiger partial charge in [-0.25, -0.2) is 9.55 Å². The van der Waals surface area contributed by atoms with E-state index >= 15 is 0 Å². The van der Waals surface area contributed by atoms with Crippen molar-refractivity contribution in [1.82, 2.24) is 14.7 Å². The molecular formula is C23H24N6O3+2. The van der Waals surface area contributed by atoms with Gasteiger partial charge in [0.05, 0.1) is 12.6 Å². The van der Waals surface area contributed by atoms with E-state index in [2.05, 4.69) is 15.3 Å². The number of rotatable bonds is 5. The summed E-state index contributed by atoms with van der Waals surface area (Å²) in [5, 5.41) is 3.22. The van der Waals surface area contributed by atoms with Crippen LogP contribution in [0.25, 0.3) is 16.7 Å². The van der Waals surface area contributed by atoms with Crippen molar-refractivity contribution in [2.45, 2.75) is 32.0 Å². The molecular weight excluding hydrogens is 408 g/mol. The lowest BCUT2D eigenvalue weighted by molar-refractivity contribution is -0.666. The second-order valence-electron chi connectivity index (χ2n) is 7.87. The molecule has 9 nitrogen and oxygen atoms in total. The van der Waals surface area contributed by atoms with E-state index < -0.39 is 0 Å². The Morgan fingerprint density at radius 1 is 1.34 bits per heavy atom. The van der Waals surface area contributed by atoms with Gasteiger partial charge in [-0.15, -0.1) is 0 Å². The van der Waals surface area contributed by atoms with Gasteiger partial charge in [0.15, 0.2) is 12.4 Å². The second-order valence-corrected chi connectivity index (χ2v) is 7.87. The number of nitrogens with one attached hydrogen (secondary N) is 2. The number of ether oxygens (including phenoxy) is 1. The number of carbonyl (C=O) groups excluding carboxylic acids is 1. The number of aromatic amines is 1. The molecule has 0 aliphatic carbocycles. The maximum absolute atomic E-state index is 13.2. The van der Waals surface area contributed by atoms with Crippen LogP contribution < -0.4 is 26.2 Å². The van der Waals surface area contributed by atoms with Crippen molar-refractivity contribution in [3.8, 4) is 0 Å². The first-order valence-electron chi connectivity index (χ1n) is 10.6. The quantitative estimate of drug-likeness (QED) is 0.355. The minimum absolute atomic E-state index is 0.0420. The molecule has 1 aliphatic heterocycles. The van der Waals surface area contributed by atoms with E-state index in [1.807, 2.05) is 24.4 Å². The summed E-state index contributed by atoms with van der Waals surface area (Å²) in [6.07, 6.45) is 7.09. The number of hydrogen-bond donors (Lipinski definition) is 2. The molecule has 1 atom stereocenters. The van der Waals surface area contributed by atoms with Crippen molar-refractivity contribution in [1.29, 1.82) is 0 Å². The van der Waals surface area contributed by atoms with Crippen molar-refractivity contribution in [2.75, 3.05) is 12.3 Å². The molecule has 0 bridgehead atoms. The van der Waals surface area contributed by atoms with E-state index in [0.29, 0.717) is 36.4 Å². The number of fused-ring (bicyclic) bond motifs is 2. The molecule has 0 saturated carbocycles. The van der Waals surface area contributed by atoms with Gasteiger partial charge in [-0.1, -0.05) is 11.1 Å². The Labute approximate surface area is 183 Å². The smallest absolute Gasteiger partial charge is 0.278 e. The highest BCUT2D eigenvalue weighted by Gasteiger charge is 2.27. The molecule has 1 amide bonds. The molecule has 4 N–H and O–H groups in total. The molecule has 1 unspecified atom stereocenters. The zero-order valence-electron chi connectivity index (χ0n) is 17.5. The topological polar surface area (TPSA) is 117 Å². The van der Waals surface area contributed by atoms with Crippen LogP contribution in [0.4, 0.5) is 5.82 Å². The van der Waals surface area contributed by atoms with E-state index in [4.69, 9.17) is 10.5 Å². The van der Waals surface area contributed by atoms with Gasteiger partial charge in [-0.3, -0.25) is 14.0 Å². The lowest BCUT2D eigenvalue weighted by atomic mass is 10.1. The Morgan fingerprint density at radius 3 is 3.03 bits per heavy atom. The highest BCUT2D eigenvalue weighted by Crippen LogP contribution is 2.18. The summed E-state index contributed by atoms with van der Waals surface area (Å²) >= 11 is 0. The molecule has 4 aromatic heterocycles. The molecule has 9 heteroatoms. The minimum Gasteiger partial charge on any atom is -0.375 e. The van der Waals surface area contributed by atoms with E-state index in [9.17, 15) is 9.59 Å². The van der Waals surface area contributed by atoms with Crippen LogP contribution >= 0.6 is 0 Å². The van der Waals surface area contributed by atoms with Crippen molar-refractivity contribution in [3.63, 3.8) is 0 Å². The van der Waals surface area contributed by atoms with Gasteiger partial charge in [0.2, 0.25) is 11.5 Å². The first-order chi connectivity index (χ1) is 15.6. The van der Waals surface area contributed by atoms with Gasteiger partial charge in [-0.05, 0) is 37.1 Å². The number of carbonyl (C=O) groups is 1. The molecule has 1 saturated heterocycles. The Bertz CT molecular complexity index is 1360. The number of pyridine rings is 3. The third-order valence-electron chi connectivity index (χ3n) is 5.74. The summed E-state index contributed by atoms with van der Waals surface area (Å²) in [6, 6.07) is 10.7. The van der Waals surface area contributed by atoms with E-state index in [1.165, 1.54) is 10.5 Å². The van der Waals surface area contributed by atoms with Crippen molar-refractivity contribution in [2.24, 2.45) is 0 Å². The zero-order chi connectivity index (χ0) is 22.1. The lowest BCUT2D eigenvalue weighted by Crippen LogP contribution is -2.46. The van der Waals surface area contributed by atoms with Crippen LogP contribution in [0.15, 0.2) is 59.8 Å². The molecule has 0 radical (unpaired) electrons.